The molecule has 2 aliphatic heterocycles. The fourth-order valence-electron chi connectivity index (χ4n) is 5.32. The summed E-state index contributed by atoms with van der Waals surface area (Å²) in [4.78, 5) is 29.7. The Hall–Kier alpha value is -3.68. The minimum Gasteiger partial charge on any atom is -0.414 e. The summed E-state index contributed by atoms with van der Waals surface area (Å²) >= 11 is 0. The number of ether oxygens (including phenoxy) is 3. The zero-order chi connectivity index (χ0) is 31.9. The van der Waals surface area contributed by atoms with Crippen molar-refractivity contribution in [2.24, 2.45) is 4.99 Å². The summed E-state index contributed by atoms with van der Waals surface area (Å²) in [6, 6.07) is 19.6. The molecule has 0 saturated carbocycles. The van der Waals surface area contributed by atoms with Crippen LogP contribution >= 0.6 is 0 Å². The second-order valence-corrected chi connectivity index (χ2v) is 18.2. The molecule has 0 spiro atoms. The number of hydrogen-bond donors (Lipinski definition) is 0. The lowest BCUT2D eigenvalue weighted by molar-refractivity contribution is -0.152. The summed E-state index contributed by atoms with van der Waals surface area (Å²) in [6.07, 6.45) is 0.742. The molecule has 2 aromatic heterocycles. The van der Waals surface area contributed by atoms with E-state index in [4.69, 9.17) is 23.6 Å². The van der Waals surface area contributed by atoms with Crippen LogP contribution in [0.4, 0.5) is 5.95 Å². The van der Waals surface area contributed by atoms with E-state index in [2.05, 4.69) is 43.8 Å². The average molecular weight is 631 g/mol. The second-order valence-electron chi connectivity index (χ2n) is 13.4. The van der Waals surface area contributed by atoms with Gasteiger partial charge in [0.1, 0.15) is 18.3 Å². The van der Waals surface area contributed by atoms with E-state index in [1.165, 1.54) is 0 Å². The first-order valence-corrected chi connectivity index (χ1v) is 18.2. The molecule has 2 aliphatic rings. The summed E-state index contributed by atoms with van der Waals surface area (Å²) in [5.41, 5.74) is 2.20. The molecule has 0 radical (unpaired) electrons. The molecule has 2 fully saturated rings. The standard InChI is InChI=1S/C33H42N6O5Si/c1-33(2,3)45(6,7)41-19-24-26-27(44-31(43-26)23-16-12-9-13-17-23)30(42-24)39-21-34-25-28(39)36-32(35-20-37(4)5)38(29(25)40)18-22-14-10-8-11-15-22/h8-17,20-21,24,26-27,30-31H,18-19H2,1-7H3/b35-20-/t24-,26-,27-,30-,31?/m1/s1. The molecule has 45 heavy (non-hydrogen) atoms. The van der Waals surface area contributed by atoms with Gasteiger partial charge in [-0.3, -0.25) is 13.9 Å². The average Bonchev–Trinajstić information content (AvgIpc) is 3.71. The molecule has 11 nitrogen and oxygen atoms in total. The Morgan fingerprint density at radius 1 is 1.00 bits per heavy atom. The van der Waals surface area contributed by atoms with Crippen LogP contribution < -0.4 is 5.56 Å². The highest BCUT2D eigenvalue weighted by Crippen LogP contribution is 2.45. The van der Waals surface area contributed by atoms with Crippen molar-refractivity contribution in [2.45, 2.75) is 76.3 Å². The van der Waals surface area contributed by atoms with Gasteiger partial charge in [0.25, 0.3) is 5.56 Å². The highest BCUT2D eigenvalue weighted by Gasteiger charge is 2.54. The van der Waals surface area contributed by atoms with E-state index >= 15 is 0 Å². The number of aliphatic imine (C=N–C) groups is 1. The number of hydrogen-bond acceptors (Lipinski definition) is 8. The Labute approximate surface area is 264 Å². The molecule has 5 atom stereocenters. The zero-order valence-corrected chi connectivity index (χ0v) is 28.0. The Morgan fingerprint density at radius 2 is 1.67 bits per heavy atom. The molecule has 2 aromatic carbocycles. The number of aromatic nitrogens is 4. The van der Waals surface area contributed by atoms with Crippen molar-refractivity contribution >= 4 is 31.8 Å². The molecule has 0 N–H and O–H groups in total. The molecule has 0 bridgehead atoms. The van der Waals surface area contributed by atoms with E-state index in [0.717, 1.165) is 11.1 Å². The molecule has 4 heterocycles. The Morgan fingerprint density at radius 3 is 2.33 bits per heavy atom. The number of fused-ring (bicyclic) bond motifs is 2. The fourth-order valence-corrected chi connectivity index (χ4v) is 6.33. The third-order valence-electron chi connectivity index (χ3n) is 8.86. The van der Waals surface area contributed by atoms with Gasteiger partial charge in [-0.05, 0) is 23.7 Å². The van der Waals surface area contributed by atoms with E-state index in [0.29, 0.717) is 18.8 Å². The molecule has 4 aromatic rings. The molecule has 0 aliphatic carbocycles. The van der Waals surface area contributed by atoms with Crippen LogP contribution in [0.5, 0.6) is 0 Å². The zero-order valence-electron chi connectivity index (χ0n) is 27.0. The SMILES string of the molecule is CN(C)/C=N\c1nc2c(ncn2[C@@H]2O[C@H](CO[Si](C)(C)C(C)(C)C)[C@H]3OC(c4ccccc4)O[C@H]32)c(=O)n1Cc1ccccc1. The van der Waals surface area contributed by atoms with Crippen molar-refractivity contribution in [1.29, 1.82) is 0 Å². The summed E-state index contributed by atoms with van der Waals surface area (Å²) in [6.45, 7) is 11.8. The van der Waals surface area contributed by atoms with Crippen LogP contribution in [0.1, 0.15) is 44.4 Å². The third kappa shape index (κ3) is 6.25. The van der Waals surface area contributed by atoms with Gasteiger partial charge >= 0.3 is 0 Å². The largest absolute Gasteiger partial charge is 0.414 e. The minimum absolute atomic E-state index is 0.0393. The van der Waals surface area contributed by atoms with Gasteiger partial charge in [0.05, 0.1) is 25.8 Å². The van der Waals surface area contributed by atoms with Gasteiger partial charge in [0.2, 0.25) is 5.95 Å². The van der Waals surface area contributed by atoms with Crippen LogP contribution in [0.3, 0.4) is 0 Å². The molecule has 6 rings (SSSR count). The molecule has 238 valence electrons. The molecular formula is C33H42N6O5Si. The van der Waals surface area contributed by atoms with Crippen molar-refractivity contribution in [3.63, 3.8) is 0 Å². The van der Waals surface area contributed by atoms with Gasteiger partial charge in [0.15, 0.2) is 32.0 Å². The summed E-state index contributed by atoms with van der Waals surface area (Å²) < 4.78 is 29.6. The highest BCUT2D eigenvalue weighted by molar-refractivity contribution is 6.74. The van der Waals surface area contributed by atoms with E-state index in [1.54, 1.807) is 26.7 Å². The second kappa shape index (κ2) is 12.3. The predicted octanol–water partition coefficient (Wildman–Crippen LogP) is 5.26. The van der Waals surface area contributed by atoms with Crippen molar-refractivity contribution in [3.05, 3.63) is 88.5 Å². The molecular weight excluding hydrogens is 588 g/mol. The number of rotatable bonds is 9. The molecule has 1 unspecified atom stereocenters. The van der Waals surface area contributed by atoms with Gasteiger partial charge < -0.3 is 23.5 Å². The first-order chi connectivity index (χ1) is 21.4. The Kier molecular flexibility index (Phi) is 8.52. The van der Waals surface area contributed by atoms with Gasteiger partial charge in [-0.2, -0.15) is 4.98 Å². The van der Waals surface area contributed by atoms with Crippen LogP contribution in [-0.2, 0) is 25.2 Å². The first-order valence-electron chi connectivity index (χ1n) is 15.3. The van der Waals surface area contributed by atoms with Crippen LogP contribution in [0, 0.1) is 0 Å². The number of benzene rings is 2. The maximum Gasteiger partial charge on any atom is 0.283 e. The predicted molar refractivity (Wildman–Crippen MR) is 175 cm³/mol. The van der Waals surface area contributed by atoms with Gasteiger partial charge in [0, 0.05) is 19.7 Å². The van der Waals surface area contributed by atoms with Gasteiger partial charge in [-0.1, -0.05) is 81.4 Å². The minimum atomic E-state index is -2.07. The molecule has 0 amide bonds. The molecule has 2 saturated heterocycles. The van der Waals surface area contributed by atoms with E-state index in [9.17, 15) is 4.79 Å². The number of imidazole rings is 1. The highest BCUT2D eigenvalue weighted by atomic mass is 28.4. The van der Waals surface area contributed by atoms with Crippen LogP contribution in [0.2, 0.25) is 18.1 Å². The smallest absolute Gasteiger partial charge is 0.283 e. The third-order valence-corrected chi connectivity index (χ3v) is 13.4. The maximum atomic E-state index is 13.9. The van der Waals surface area contributed by atoms with Crippen LogP contribution in [0.25, 0.3) is 11.2 Å². The van der Waals surface area contributed by atoms with E-state index < -0.39 is 39.1 Å². The summed E-state index contributed by atoms with van der Waals surface area (Å²) in [7, 11) is 1.66. The fraction of sp³-hybridized carbons (Fsp3) is 0.455. The topological polar surface area (TPSA) is 105 Å². The van der Waals surface area contributed by atoms with Crippen molar-refractivity contribution < 1.29 is 18.6 Å². The summed E-state index contributed by atoms with van der Waals surface area (Å²) in [5.74, 6) is 0.268. The Balaban J connectivity index is 1.38. The van der Waals surface area contributed by atoms with E-state index in [-0.39, 0.29) is 22.1 Å². The lowest BCUT2D eigenvalue weighted by Crippen LogP contribution is -2.44. The maximum absolute atomic E-state index is 13.9. The van der Waals surface area contributed by atoms with Gasteiger partial charge in [-0.25, -0.2) is 9.98 Å². The van der Waals surface area contributed by atoms with Crippen molar-refractivity contribution in [1.82, 2.24) is 24.0 Å². The summed E-state index contributed by atoms with van der Waals surface area (Å²) in [5, 5.41) is 0.0393. The first kappa shape index (κ1) is 31.3. The van der Waals surface area contributed by atoms with E-state index in [1.807, 2.05) is 74.8 Å². The monoisotopic (exact) mass is 630 g/mol. The van der Waals surface area contributed by atoms with Crippen molar-refractivity contribution in [2.75, 3.05) is 20.7 Å². The van der Waals surface area contributed by atoms with Crippen molar-refractivity contribution in [3.8, 4) is 0 Å². The lowest BCUT2D eigenvalue weighted by atomic mass is 10.1. The molecule has 12 heteroatoms. The number of nitrogens with zero attached hydrogens (tertiary/aromatic N) is 6. The van der Waals surface area contributed by atoms with Gasteiger partial charge in [-0.15, -0.1) is 0 Å². The quantitative estimate of drug-likeness (QED) is 0.140. The van der Waals surface area contributed by atoms with Crippen LogP contribution in [0.15, 0.2) is 76.8 Å². The lowest BCUT2D eigenvalue weighted by Gasteiger charge is -2.37. The normalized spacial score (nSPS) is 23.7. The Bertz CT molecular complexity index is 1720. The van der Waals surface area contributed by atoms with Crippen LogP contribution in [-0.4, -0.2) is 77.7 Å².